The SMILES string of the molecule is COc1cc(C(C)=O)c(C)cc1Cl. The molecule has 1 rings (SSSR count). The lowest BCUT2D eigenvalue weighted by molar-refractivity contribution is 0.101. The molecule has 0 aliphatic carbocycles. The summed E-state index contributed by atoms with van der Waals surface area (Å²) in [4.78, 5) is 11.1. The molecule has 3 heteroatoms. The second-order valence-electron chi connectivity index (χ2n) is 2.86. The number of rotatable bonds is 2. The first-order chi connectivity index (χ1) is 6.06. The Morgan fingerprint density at radius 3 is 2.54 bits per heavy atom. The van der Waals surface area contributed by atoms with Crippen LogP contribution in [0.2, 0.25) is 5.02 Å². The molecule has 70 valence electrons. The largest absolute Gasteiger partial charge is 0.495 e. The molecule has 0 N–H and O–H groups in total. The van der Waals surface area contributed by atoms with Crippen molar-refractivity contribution >= 4 is 17.4 Å². The highest BCUT2D eigenvalue weighted by Gasteiger charge is 2.08. The topological polar surface area (TPSA) is 26.3 Å². The van der Waals surface area contributed by atoms with Crippen LogP contribution in [0.15, 0.2) is 12.1 Å². The summed E-state index contributed by atoms with van der Waals surface area (Å²) in [7, 11) is 1.53. The van der Waals surface area contributed by atoms with Gasteiger partial charge >= 0.3 is 0 Å². The lowest BCUT2D eigenvalue weighted by Gasteiger charge is -2.07. The molecular formula is C10H11ClO2. The third-order valence-electron chi connectivity index (χ3n) is 1.88. The Hall–Kier alpha value is -1.02. The van der Waals surface area contributed by atoms with E-state index in [1.54, 1.807) is 12.1 Å². The Morgan fingerprint density at radius 1 is 1.46 bits per heavy atom. The van der Waals surface area contributed by atoms with E-state index in [0.717, 1.165) is 5.56 Å². The fraction of sp³-hybridized carbons (Fsp3) is 0.300. The maximum Gasteiger partial charge on any atom is 0.160 e. The summed E-state index contributed by atoms with van der Waals surface area (Å²) in [5.74, 6) is 0.560. The van der Waals surface area contributed by atoms with Crippen molar-refractivity contribution in [1.29, 1.82) is 0 Å². The number of aryl methyl sites for hydroxylation is 1. The number of halogens is 1. The molecule has 1 aromatic carbocycles. The molecule has 0 heterocycles. The molecule has 0 bridgehead atoms. The van der Waals surface area contributed by atoms with E-state index in [0.29, 0.717) is 16.3 Å². The quantitative estimate of drug-likeness (QED) is 0.684. The van der Waals surface area contributed by atoms with Gasteiger partial charge in [-0.15, -0.1) is 0 Å². The third-order valence-corrected chi connectivity index (χ3v) is 2.17. The minimum Gasteiger partial charge on any atom is -0.495 e. The van der Waals surface area contributed by atoms with Gasteiger partial charge in [-0.25, -0.2) is 0 Å². The Kier molecular flexibility index (Phi) is 2.94. The van der Waals surface area contributed by atoms with Gasteiger partial charge in [0, 0.05) is 5.56 Å². The Bertz CT molecular complexity index is 345. The predicted molar refractivity (Wildman–Crippen MR) is 52.7 cm³/mol. The second kappa shape index (κ2) is 3.79. The van der Waals surface area contributed by atoms with Gasteiger partial charge in [-0.05, 0) is 31.5 Å². The van der Waals surface area contributed by atoms with Crippen molar-refractivity contribution in [2.24, 2.45) is 0 Å². The molecule has 2 nitrogen and oxygen atoms in total. The van der Waals surface area contributed by atoms with Gasteiger partial charge < -0.3 is 4.74 Å². The van der Waals surface area contributed by atoms with Crippen LogP contribution in [0.3, 0.4) is 0 Å². The molecule has 0 aromatic heterocycles. The number of ether oxygens (including phenoxy) is 1. The fourth-order valence-corrected chi connectivity index (χ4v) is 1.48. The molecule has 0 saturated heterocycles. The summed E-state index contributed by atoms with van der Waals surface area (Å²) in [6.07, 6.45) is 0. The predicted octanol–water partition coefficient (Wildman–Crippen LogP) is 2.86. The fourth-order valence-electron chi connectivity index (χ4n) is 1.19. The highest BCUT2D eigenvalue weighted by Crippen LogP contribution is 2.27. The number of hydrogen-bond acceptors (Lipinski definition) is 2. The Morgan fingerprint density at radius 2 is 2.08 bits per heavy atom. The van der Waals surface area contributed by atoms with Crippen molar-refractivity contribution in [2.75, 3.05) is 7.11 Å². The first-order valence-electron chi connectivity index (χ1n) is 3.91. The van der Waals surface area contributed by atoms with Crippen LogP contribution in [-0.2, 0) is 0 Å². The van der Waals surface area contributed by atoms with Gasteiger partial charge in [0.15, 0.2) is 5.78 Å². The average molecular weight is 199 g/mol. The summed E-state index contributed by atoms with van der Waals surface area (Å²) in [5.41, 5.74) is 1.53. The molecule has 0 fully saturated rings. The van der Waals surface area contributed by atoms with Crippen LogP contribution in [0.5, 0.6) is 5.75 Å². The maximum atomic E-state index is 11.1. The first kappa shape index (κ1) is 10.1. The van der Waals surface area contributed by atoms with Gasteiger partial charge in [-0.2, -0.15) is 0 Å². The van der Waals surface area contributed by atoms with Crippen molar-refractivity contribution in [3.8, 4) is 5.75 Å². The summed E-state index contributed by atoms with van der Waals surface area (Å²) in [5, 5.41) is 0.532. The number of carbonyl (C=O) groups excluding carboxylic acids is 1. The standard InChI is InChI=1S/C10H11ClO2/c1-6-4-9(11)10(13-3)5-8(6)7(2)12/h4-5H,1-3H3. The summed E-state index contributed by atoms with van der Waals surface area (Å²) < 4.78 is 5.01. The first-order valence-corrected chi connectivity index (χ1v) is 4.29. The molecule has 1 aromatic rings. The number of ketones is 1. The van der Waals surface area contributed by atoms with Crippen molar-refractivity contribution in [3.63, 3.8) is 0 Å². The van der Waals surface area contributed by atoms with Gasteiger partial charge in [0.1, 0.15) is 5.75 Å². The molecule has 0 amide bonds. The maximum absolute atomic E-state index is 11.1. The molecule has 0 radical (unpaired) electrons. The van der Waals surface area contributed by atoms with E-state index in [1.807, 2.05) is 6.92 Å². The molecule has 0 unspecified atom stereocenters. The van der Waals surface area contributed by atoms with E-state index < -0.39 is 0 Å². The van der Waals surface area contributed by atoms with Gasteiger partial charge in [-0.3, -0.25) is 4.79 Å². The van der Waals surface area contributed by atoms with Crippen molar-refractivity contribution in [2.45, 2.75) is 13.8 Å². The monoisotopic (exact) mass is 198 g/mol. The van der Waals surface area contributed by atoms with Crippen molar-refractivity contribution < 1.29 is 9.53 Å². The molecule has 0 spiro atoms. The van der Waals surface area contributed by atoms with Gasteiger partial charge in [0.05, 0.1) is 12.1 Å². The molecule has 0 atom stereocenters. The number of carbonyl (C=O) groups is 1. The van der Waals surface area contributed by atoms with Crippen LogP contribution in [0, 0.1) is 6.92 Å². The molecule has 0 aliphatic rings. The number of Topliss-reactive ketones (excluding diaryl/α,β-unsaturated/α-hetero) is 1. The van der Waals surface area contributed by atoms with Crippen LogP contribution < -0.4 is 4.74 Å². The normalized spacial score (nSPS) is 9.85. The molecule has 13 heavy (non-hydrogen) atoms. The van der Waals surface area contributed by atoms with E-state index in [-0.39, 0.29) is 5.78 Å². The van der Waals surface area contributed by atoms with Crippen molar-refractivity contribution in [1.82, 2.24) is 0 Å². The van der Waals surface area contributed by atoms with Crippen LogP contribution in [0.25, 0.3) is 0 Å². The van der Waals surface area contributed by atoms with Gasteiger partial charge in [-0.1, -0.05) is 11.6 Å². The average Bonchev–Trinajstić information content (AvgIpc) is 2.03. The second-order valence-corrected chi connectivity index (χ2v) is 3.27. The minimum atomic E-state index is 0.0208. The lowest BCUT2D eigenvalue weighted by Crippen LogP contribution is -1.97. The number of hydrogen-bond donors (Lipinski definition) is 0. The van der Waals surface area contributed by atoms with E-state index in [1.165, 1.54) is 14.0 Å². The number of methoxy groups -OCH3 is 1. The van der Waals surface area contributed by atoms with Gasteiger partial charge in [0.2, 0.25) is 0 Å². The smallest absolute Gasteiger partial charge is 0.160 e. The Balaban J connectivity index is 3.30. The molecule has 0 aliphatic heterocycles. The summed E-state index contributed by atoms with van der Waals surface area (Å²) in [6.45, 7) is 3.37. The summed E-state index contributed by atoms with van der Waals surface area (Å²) in [6, 6.07) is 3.40. The van der Waals surface area contributed by atoms with Crippen LogP contribution in [0.1, 0.15) is 22.8 Å². The zero-order chi connectivity index (χ0) is 10.0. The number of benzene rings is 1. The molecular weight excluding hydrogens is 188 g/mol. The van der Waals surface area contributed by atoms with Crippen LogP contribution in [0.4, 0.5) is 0 Å². The highest BCUT2D eigenvalue weighted by atomic mass is 35.5. The van der Waals surface area contributed by atoms with Crippen LogP contribution in [-0.4, -0.2) is 12.9 Å². The zero-order valence-electron chi connectivity index (χ0n) is 7.85. The summed E-state index contributed by atoms with van der Waals surface area (Å²) >= 11 is 5.87. The lowest BCUT2D eigenvalue weighted by atomic mass is 10.1. The Labute approximate surface area is 82.5 Å². The minimum absolute atomic E-state index is 0.0208. The van der Waals surface area contributed by atoms with Crippen LogP contribution >= 0.6 is 11.6 Å². The third kappa shape index (κ3) is 2.01. The molecule has 0 saturated carbocycles. The van der Waals surface area contributed by atoms with E-state index in [9.17, 15) is 4.79 Å². The van der Waals surface area contributed by atoms with E-state index >= 15 is 0 Å². The van der Waals surface area contributed by atoms with Crippen molar-refractivity contribution in [3.05, 3.63) is 28.3 Å². The zero-order valence-corrected chi connectivity index (χ0v) is 8.61. The highest BCUT2D eigenvalue weighted by molar-refractivity contribution is 6.32. The van der Waals surface area contributed by atoms with E-state index in [4.69, 9.17) is 16.3 Å². The van der Waals surface area contributed by atoms with Gasteiger partial charge in [0.25, 0.3) is 0 Å². The van der Waals surface area contributed by atoms with E-state index in [2.05, 4.69) is 0 Å².